The van der Waals surface area contributed by atoms with Crippen molar-refractivity contribution in [2.75, 3.05) is 33.5 Å². The summed E-state index contributed by atoms with van der Waals surface area (Å²) >= 11 is 0. The van der Waals surface area contributed by atoms with Gasteiger partial charge in [0.2, 0.25) is 0 Å². The third kappa shape index (κ3) is 13.0. The van der Waals surface area contributed by atoms with Crippen molar-refractivity contribution in [1.29, 1.82) is 0 Å². The van der Waals surface area contributed by atoms with E-state index in [2.05, 4.69) is 161 Å². The topological polar surface area (TPSA) is 47.5 Å². The number of hydrogen-bond donors (Lipinski definition) is 1. The van der Waals surface area contributed by atoms with Crippen molar-refractivity contribution in [3.63, 3.8) is 0 Å². The Morgan fingerprint density at radius 1 is 0.733 bits per heavy atom. The molecule has 0 unspecified atom stereocenters. The van der Waals surface area contributed by atoms with Gasteiger partial charge in [-0.25, -0.2) is 19.8 Å². The van der Waals surface area contributed by atoms with Crippen molar-refractivity contribution < 1.29 is 80.5 Å². The Morgan fingerprint density at radius 2 is 1.30 bits per heavy atom. The molecule has 0 saturated heterocycles. The van der Waals surface area contributed by atoms with Crippen molar-refractivity contribution in [3.8, 4) is 0 Å². The maximum Gasteiger partial charge on any atom is 2.00 e. The van der Waals surface area contributed by atoms with Crippen LogP contribution in [0.5, 0.6) is 0 Å². The summed E-state index contributed by atoms with van der Waals surface area (Å²) in [6.07, 6.45) is 11.2. The predicted octanol–water partition coefficient (Wildman–Crippen LogP) is 8.74. The summed E-state index contributed by atoms with van der Waals surface area (Å²) in [5, 5.41) is 7.03. The number of benzene rings is 5. The van der Waals surface area contributed by atoms with Crippen LogP contribution in [0.3, 0.4) is 0 Å². The average molecular weight is 1250 g/mol. The Bertz CT molecular complexity index is 2650. The van der Waals surface area contributed by atoms with Crippen LogP contribution >= 0.6 is 0 Å². The number of para-hydroxylation sites is 5. The fraction of sp³-hybridized carbons (Fsp3) is 0.220. The molecule has 0 atom stereocenters. The molecule has 0 bridgehead atoms. The first-order valence-corrected chi connectivity index (χ1v) is 19.2. The number of fused-ring (bicyclic) bond motifs is 7. The number of imidazole rings is 2. The van der Waals surface area contributed by atoms with Crippen molar-refractivity contribution in [1.82, 2.24) is 8.97 Å². The zero-order valence-corrected chi connectivity index (χ0v) is 45.3. The maximum absolute atomic E-state index is 5.02. The number of pyridine rings is 1. The van der Waals surface area contributed by atoms with Crippen LogP contribution in [0.15, 0.2) is 139 Å². The monoisotopic (exact) mass is 1250 g/mol. The molecular weight excluding hydrogens is 1190 g/mol. The third-order valence-corrected chi connectivity index (χ3v) is 10.1. The number of aliphatic imine (C=N–C) groups is 1. The second kappa shape index (κ2) is 25.9. The molecule has 60 heavy (non-hydrogen) atoms. The van der Waals surface area contributed by atoms with Gasteiger partial charge in [0, 0.05) is 68.6 Å². The van der Waals surface area contributed by atoms with Crippen LogP contribution in [0.25, 0.3) is 38.2 Å². The van der Waals surface area contributed by atoms with Crippen LogP contribution in [0.1, 0.15) is 31.1 Å². The summed E-state index contributed by atoms with van der Waals surface area (Å²) in [4.78, 5) is 3.95. The van der Waals surface area contributed by atoms with Gasteiger partial charge in [0.15, 0.2) is 16.6 Å². The van der Waals surface area contributed by atoms with Crippen LogP contribution in [-0.2, 0) is 21.1 Å². The number of nitrogens with one attached hydrogen (secondary N) is 1. The number of rotatable bonds is 4. The van der Waals surface area contributed by atoms with Crippen molar-refractivity contribution in [3.05, 3.63) is 164 Å². The van der Waals surface area contributed by atoms with E-state index in [9.17, 15) is 0 Å². The number of hydrogen-bond acceptors (Lipinski definition) is 2. The fourth-order valence-corrected chi connectivity index (χ4v) is 6.37. The van der Waals surface area contributed by atoms with Gasteiger partial charge in [0.25, 0.3) is 11.6 Å². The molecular formula is C50H58N8U2+4. The van der Waals surface area contributed by atoms with Crippen molar-refractivity contribution in [2.45, 2.75) is 27.7 Å². The largest absolute Gasteiger partial charge is 2.00 e. The molecule has 0 aliphatic carbocycles. The summed E-state index contributed by atoms with van der Waals surface area (Å²) in [5.74, 6) is 2.52. The van der Waals surface area contributed by atoms with Crippen LogP contribution < -0.4 is 14.5 Å². The second-order valence-corrected chi connectivity index (χ2v) is 13.5. The summed E-state index contributed by atoms with van der Waals surface area (Å²) in [6, 6.07) is 44.6. The van der Waals surface area contributed by atoms with Crippen LogP contribution in [0, 0.1) is 88.7 Å². The Labute approximate surface area is 405 Å². The van der Waals surface area contributed by atoms with Gasteiger partial charge >= 0.3 is 62.2 Å². The van der Waals surface area contributed by atoms with Crippen LogP contribution in [0.4, 0.5) is 11.4 Å². The Balaban J connectivity index is 0.000000269. The quantitative estimate of drug-likeness (QED) is 0.0816. The molecule has 1 N–H and O–H groups in total. The molecule has 0 aliphatic rings. The van der Waals surface area contributed by atoms with Gasteiger partial charge < -0.3 is 21.0 Å². The molecule has 0 radical (unpaired) electrons. The maximum atomic E-state index is 5.02. The minimum Gasteiger partial charge on any atom is -0.554 e. The average Bonchev–Trinajstić information content (AvgIpc) is 3.70. The van der Waals surface area contributed by atoms with Gasteiger partial charge in [-0.3, -0.25) is 4.99 Å². The molecule has 0 aliphatic heterocycles. The molecule has 10 heteroatoms. The van der Waals surface area contributed by atoms with Gasteiger partial charge in [-0.1, -0.05) is 86.3 Å². The zero-order chi connectivity index (χ0) is 42.2. The first kappa shape index (κ1) is 51.6. The Hall–Kier alpha value is -4.57. The number of anilines is 1. The molecule has 8 aromatic rings. The van der Waals surface area contributed by atoms with E-state index in [-0.39, 0.29) is 62.2 Å². The standard InChI is InChI=1S/C17H15N2.C10H13N2.C9H12N2.C9H10N.C5H8N.2U/c1-12-18(2)11-17-15-9-4-3-7-13(15)14-8-5-6-10-16(14)19(12)17;1-8-11(2)9-6-4-5-7-10(9)12(8)3;1-10-7-8-5-3-4-6-9(8)11-2;1-3-10(2)9-7-5-4-6-8-9;1-4-6(3)5-2;;/h3-11H,1-2H3;4-7H,1-3H3;3-7,11H,1-2H3;4-7H,1-2H3;1,4H,2-3H3;;/q2*+1;;2*-1;2*+2. The van der Waals surface area contributed by atoms with E-state index < -0.39 is 0 Å². The summed E-state index contributed by atoms with van der Waals surface area (Å²) < 4.78 is 12.5. The summed E-state index contributed by atoms with van der Waals surface area (Å²) in [7, 11) is 13.7. The molecule has 8 nitrogen and oxygen atoms in total. The molecule has 3 heterocycles. The van der Waals surface area contributed by atoms with Gasteiger partial charge in [-0.2, -0.15) is 34.9 Å². The minimum atomic E-state index is 0. The Morgan fingerprint density at radius 3 is 1.85 bits per heavy atom. The molecule has 0 saturated carbocycles. The number of aryl methyl sites for hydroxylation is 4. The van der Waals surface area contributed by atoms with Crippen LogP contribution in [0.2, 0.25) is 0 Å². The SMILES string of the molecule is CN=Cc1ccccc1NC.C[C-]=[N+](C)c1[c-]cccc1.Cc1n(C)c2ccccc2[n+]1C.Cc1n2c3ccccc3c3ccccc3c2c[n+]1C.[CH-]=C[N+](C)=[C-]C.[U+2].[U+2]. The molecule has 8 rings (SSSR count). The van der Waals surface area contributed by atoms with Gasteiger partial charge in [-0.15, -0.1) is 0 Å². The van der Waals surface area contributed by atoms with E-state index >= 15 is 0 Å². The summed E-state index contributed by atoms with van der Waals surface area (Å²) in [5.41, 5.74) is 8.40. The molecule has 0 spiro atoms. The summed E-state index contributed by atoms with van der Waals surface area (Å²) in [6.45, 7) is 13.0. The van der Waals surface area contributed by atoms with E-state index in [1.54, 1.807) is 18.5 Å². The smallest absolute Gasteiger partial charge is 0.554 e. The number of nitrogens with zero attached hydrogens (tertiary/aromatic N) is 7. The normalized spacial score (nSPS) is 10.8. The van der Waals surface area contributed by atoms with Crippen molar-refractivity contribution >= 4 is 68.2 Å². The van der Waals surface area contributed by atoms with E-state index in [0.717, 1.165) is 16.9 Å². The van der Waals surface area contributed by atoms with Gasteiger partial charge in [0.1, 0.15) is 25.8 Å². The van der Waals surface area contributed by atoms with E-state index in [4.69, 9.17) is 6.58 Å². The number of aromatic nitrogens is 4. The predicted molar refractivity (Wildman–Crippen MR) is 244 cm³/mol. The van der Waals surface area contributed by atoms with Gasteiger partial charge in [-0.05, 0) is 35.7 Å². The fourth-order valence-electron chi connectivity index (χ4n) is 6.37. The van der Waals surface area contributed by atoms with E-state index in [1.165, 1.54) is 56.1 Å². The second-order valence-electron chi connectivity index (χ2n) is 13.5. The third-order valence-electron chi connectivity index (χ3n) is 10.1. The molecule has 0 amide bonds. The van der Waals surface area contributed by atoms with E-state index in [1.807, 2.05) is 87.4 Å². The zero-order valence-electron chi connectivity index (χ0n) is 37.0. The van der Waals surface area contributed by atoms with Gasteiger partial charge in [0.05, 0.1) is 21.1 Å². The molecule has 5 aromatic carbocycles. The van der Waals surface area contributed by atoms with E-state index in [0.29, 0.717) is 0 Å². The van der Waals surface area contributed by atoms with Crippen LogP contribution in [-0.4, -0.2) is 65.0 Å². The molecule has 0 fully saturated rings. The minimum absolute atomic E-state index is 0. The molecule has 302 valence electrons. The first-order chi connectivity index (χ1) is 28.0. The Kier molecular flexibility index (Phi) is 22.3. The molecule has 3 aromatic heterocycles. The van der Waals surface area contributed by atoms with Crippen molar-refractivity contribution in [2.24, 2.45) is 26.1 Å². The first-order valence-electron chi connectivity index (χ1n) is 19.2.